The van der Waals surface area contributed by atoms with Gasteiger partial charge < -0.3 is 8.83 Å². The molecule has 0 fully saturated rings. The monoisotopic (exact) mass is 361 g/mol. The molecule has 0 saturated heterocycles. The molecule has 6 rings (SSSR count). The Morgan fingerprint density at radius 2 is 1.32 bits per heavy atom. The van der Waals surface area contributed by atoms with E-state index in [9.17, 15) is 0 Å². The van der Waals surface area contributed by atoms with Crippen molar-refractivity contribution in [3.63, 3.8) is 0 Å². The second-order valence-corrected chi connectivity index (χ2v) is 6.85. The van der Waals surface area contributed by atoms with E-state index < -0.39 is 0 Å². The standard InChI is InChI=1S/C25H15NO2/c1-3-13-22-19(9-1)20-11-6-10-18(24(20)27-22)16-7-5-8-17(15-16)25-26-21-12-2-4-14-23(21)28-25/h1-15H. The summed E-state index contributed by atoms with van der Waals surface area (Å²) in [5.41, 5.74) is 6.54. The van der Waals surface area contributed by atoms with Crippen molar-refractivity contribution in [2.75, 3.05) is 0 Å². The first-order valence-corrected chi connectivity index (χ1v) is 9.23. The van der Waals surface area contributed by atoms with Crippen LogP contribution >= 0.6 is 0 Å². The minimum atomic E-state index is 0.625. The first kappa shape index (κ1) is 15.2. The smallest absolute Gasteiger partial charge is 0.227 e. The van der Waals surface area contributed by atoms with Gasteiger partial charge in [-0.2, -0.15) is 0 Å². The number of nitrogens with zero attached hydrogens (tertiary/aromatic N) is 1. The van der Waals surface area contributed by atoms with Crippen molar-refractivity contribution < 1.29 is 8.83 Å². The van der Waals surface area contributed by atoms with E-state index in [0.717, 1.165) is 49.7 Å². The van der Waals surface area contributed by atoms with E-state index in [1.165, 1.54) is 0 Å². The summed E-state index contributed by atoms with van der Waals surface area (Å²) in [6.07, 6.45) is 0. The molecule has 28 heavy (non-hydrogen) atoms. The largest absolute Gasteiger partial charge is 0.455 e. The van der Waals surface area contributed by atoms with E-state index in [0.29, 0.717) is 5.89 Å². The zero-order valence-corrected chi connectivity index (χ0v) is 14.9. The van der Waals surface area contributed by atoms with Crippen LogP contribution in [-0.4, -0.2) is 4.98 Å². The number of fused-ring (bicyclic) bond motifs is 4. The summed E-state index contributed by atoms with van der Waals surface area (Å²) in [7, 11) is 0. The molecule has 2 heterocycles. The highest BCUT2D eigenvalue weighted by molar-refractivity contribution is 6.09. The Morgan fingerprint density at radius 1 is 0.571 bits per heavy atom. The molecule has 132 valence electrons. The molecule has 0 aliphatic rings. The van der Waals surface area contributed by atoms with Gasteiger partial charge in [-0.05, 0) is 35.9 Å². The number of para-hydroxylation sites is 4. The average molecular weight is 361 g/mol. The third-order valence-corrected chi connectivity index (χ3v) is 5.12. The van der Waals surface area contributed by atoms with Crippen molar-refractivity contribution in [3.8, 4) is 22.6 Å². The number of furan rings is 1. The van der Waals surface area contributed by atoms with E-state index in [2.05, 4.69) is 41.4 Å². The third kappa shape index (κ3) is 2.26. The Kier molecular flexibility index (Phi) is 3.17. The van der Waals surface area contributed by atoms with Gasteiger partial charge in [0.05, 0.1) is 0 Å². The molecule has 0 saturated carbocycles. The fourth-order valence-corrected chi connectivity index (χ4v) is 3.79. The summed E-state index contributed by atoms with van der Waals surface area (Å²) in [4.78, 5) is 4.62. The molecule has 0 spiro atoms. The zero-order valence-electron chi connectivity index (χ0n) is 14.9. The van der Waals surface area contributed by atoms with Gasteiger partial charge >= 0.3 is 0 Å². The van der Waals surface area contributed by atoms with E-state index in [4.69, 9.17) is 8.83 Å². The number of hydrogen-bond acceptors (Lipinski definition) is 3. The summed E-state index contributed by atoms with van der Waals surface area (Å²) in [5, 5.41) is 2.26. The SMILES string of the molecule is c1cc(-c2nc3ccccc3o2)cc(-c2cccc3c2oc2ccccc23)c1. The van der Waals surface area contributed by atoms with Gasteiger partial charge in [0.25, 0.3) is 0 Å². The van der Waals surface area contributed by atoms with Crippen LogP contribution in [0.5, 0.6) is 0 Å². The lowest BCUT2D eigenvalue weighted by atomic mass is 10.0. The number of rotatable bonds is 2. The molecule has 6 aromatic rings. The molecule has 0 bridgehead atoms. The van der Waals surface area contributed by atoms with Gasteiger partial charge in [0, 0.05) is 21.9 Å². The lowest BCUT2D eigenvalue weighted by Gasteiger charge is -2.04. The van der Waals surface area contributed by atoms with Gasteiger partial charge in [-0.25, -0.2) is 4.98 Å². The first-order chi connectivity index (χ1) is 13.9. The Hall–Kier alpha value is -3.85. The fraction of sp³-hybridized carbons (Fsp3) is 0. The van der Waals surface area contributed by atoms with Crippen molar-refractivity contribution in [1.29, 1.82) is 0 Å². The first-order valence-electron chi connectivity index (χ1n) is 9.23. The van der Waals surface area contributed by atoms with Crippen LogP contribution in [0.15, 0.2) is 99.8 Å². The molecule has 0 aliphatic heterocycles. The van der Waals surface area contributed by atoms with Crippen LogP contribution in [0.2, 0.25) is 0 Å². The predicted octanol–water partition coefficient (Wildman–Crippen LogP) is 7.06. The highest BCUT2D eigenvalue weighted by Gasteiger charge is 2.13. The normalized spacial score (nSPS) is 11.6. The van der Waals surface area contributed by atoms with Crippen molar-refractivity contribution in [2.45, 2.75) is 0 Å². The van der Waals surface area contributed by atoms with Gasteiger partial charge in [-0.1, -0.05) is 60.7 Å². The molecule has 4 aromatic carbocycles. The van der Waals surface area contributed by atoms with Crippen LogP contribution in [0.4, 0.5) is 0 Å². The Balaban J connectivity index is 1.55. The molecule has 3 heteroatoms. The minimum Gasteiger partial charge on any atom is -0.455 e. The van der Waals surface area contributed by atoms with Gasteiger partial charge in [-0.3, -0.25) is 0 Å². The third-order valence-electron chi connectivity index (χ3n) is 5.12. The molecular formula is C25H15NO2. The van der Waals surface area contributed by atoms with Crippen molar-refractivity contribution in [1.82, 2.24) is 4.98 Å². The summed E-state index contributed by atoms with van der Waals surface area (Å²) < 4.78 is 12.1. The zero-order chi connectivity index (χ0) is 18.5. The van der Waals surface area contributed by atoms with Crippen LogP contribution in [0.25, 0.3) is 55.6 Å². The lowest BCUT2D eigenvalue weighted by Crippen LogP contribution is -1.82. The average Bonchev–Trinajstić information content (AvgIpc) is 3.35. The van der Waals surface area contributed by atoms with Crippen molar-refractivity contribution >= 4 is 33.0 Å². The number of oxazole rings is 1. The molecule has 0 aliphatic carbocycles. The molecule has 0 amide bonds. The lowest BCUT2D eigenvalue weighted by molar-refractivity contribution is 0.620. The van der Waals surface area contributed by atoms with Gasteiger partial charge in [0.2, 0.25) is 5.89 Å². The molecule has 2 aromatic heterocycles. The summed E-state index contributed by atoms with van der Waals surface area (Å²) in [5.74, 6) is 0.625. The molecule has 3 nitrogen and oxygen atoms in total. The van der Waals surface area contributed by atoms with E-state index >= 15 is 0 Å². The van der Waals surface area contributed by atoms with Gasteiger partial charge in [0.15, 0.2) is 5.58 Å². The summed E-state index contributed by atoms with van der Waals surface area (Å²) in [6, 6.07) is 30.5. The molecule has 0 N–H and O–H groups in total. The maximum Gasteiger partial charge on any atom is 0.227 e. The molecule has 0 atom stereocenters. The van der Waals surface area contributed by atoms with Gasteiger partial charge in [0.1, 0.15) is 16.7 Å². The highest BCUT2D eigenvalue weighted by Crippen LogP contribution is 2.36. The predicted molar refractivity (Wildman–Crippen MR) is 112 cm³/mol. The van der Waals surface area contributed by atoms with Crippen molar-refractivity contribution in [3.05, 3.63) is 91.0 Å². The Labute approximate surface area is 160 Å². The maximum absolute atomic E-state index is 6.19. The summed E-state index contributed by atoms with van der Waals surface area (Å²) >= 11 is 0. The van der Waals surface area contributed by atoms with Gasteiger partial charge in [-0.15, -0.1) is 0 Å². The van der Waals surface area contributed by atoms with Crippen LogP contribution in [0.3, 0.4) is 0 Å². The summed E-state index contributed by atoms with van der Waals surface area (Å²) in [6.45, 7) is 0. The second kappa shape index (κ2) is 5.83. The molecule has 0 radical (unpaired) electrons. The number of hydrogen-bond donors (Lipinski definition) is 0. The second-order valence-electron chi connectivity index (χ2n) is 6.85. The number of aromatic nitrogens is 1. The number of benzene rings is 4. The van der Waals surface area contributed by atoms with E-state index in [1.54, 1.807) is 0 Å². The Bertz CT molecular complexity index is 1440. The molecular weight excluding hydrogens is 346 g/mol. The van der Waals surface area contributed by atoms with Crippen molar-refractivity contribution in [2.24, 2.45) is 0 Å². The van der Waals surface area contributed by atoms with Crippen LogP contribution < -0.4 is 0 Å². The van der Waals surface area contributed by atoms with Crippen LogP contribution in [0.1, 0.15) is 0 Å². The maximum atomic E-state index is 6.19. The highest BCUT2D eigenvalue weighted by atomic mass is 16.3. The topological polar surface area (TPSA) is 39.2 Å². The molecule has 0 unspecified atom stereocenters. The van der Waals surface area contributed by atoms with E-state index in [-0.39, 0.29) is 0 Å². The fourth-order valence-electron chi connectivity index (χ4n) is 3.79. The van der Waals surface area contributed by atoms with E-state index in [1.807, 2.05) is 54.6 Å². The quantitative estimate of drug-likeness (QED) is 0.331. The van der Waals surface area contributed by atoms with Crippen LogP contribution in [0, 0.1) is 0 Å². The minimum absolute atomic E-state index is 0.625. The van der Waals surface area contributed by atoms with Crippen LogP contribution in [-0.2, 0) is 0 Å². The Morgan fingerprint density at radius 3 is 2.25 bits per heavy atom.